The highest BCUT2D eigenvalue weighted by molar-refractivity contribution is 5.38. The van der Waals surface area contributed by atoms with Crippen LogP contribution in [-0.2, 0) is 6.42 Å². The van der Waals surface area contributed by atoms with E-state index in [1.807, 2.05) is 0 Å². The van der Waals surface area contributed by atoms with Gasteiger partial charge in [-0.15, -0.1) is 0 Å². The van der Waals surface area contributed by atoms with Gasteiger partial charge < -0.3 is 5.73 Å². The number of hydrogen-bond acceptors (Lipinski definition) is 2. The third kappa shape index (κ3) is 1.92. The number of fused-ring (bicyclic) bond motifs is 3. The van der Waals surface area contributed by atoms with Crippen LogP contribution in [0.3, 0.4) is 0 Å². The molecule has 0 aromatic heterocycles. The zero-order chi connectivity index (χ0) is 14.8. The molecule has 3 aliphatic rings. The van der Waals surface area contributed by atoms with Crippen molar-refractivity contribution in [2.24, 2.45) is 11.1 Å². The number of nitrogens with zero attached hydrogens (tertiary/aromatic N) is 1. The number of rotatable bonds is 0. The fraction of sp³-hybridized carbons (Fsp3) is 0.684. The van der Waals surface area contributed by atoms with Crippen LogP contribution in [0.5, 0.6) is 0 Å². The summed E-state index contributed by atoms with van der Waals surface area (Å²) in [6.45, 7) is 7.12. The molecule has 2 bridgehead atoms. The molecule has 0 amide bonds. The van der Waals surface area contributed by atoms with Gasteiger partial charge in [0.1, 0.15) is 0 Å². The van der Waals surface area contributed by atoms with Crippen LogP contribution in [-0.4, -0.2) is 22.5 Å². The van der Waals surface area contributed by atoms with E-state index in [1.54, 1.807) is 0 Å². The Morgan fingerprint density at radius 1 is 1.10 bits per heavy atom. The first-order valence-corrected chi connectivity index (χ1v) is 8.53. The lowest BCUT2D eigenvalue weighted by Crippen LogP contribution is -2.56. The van der Waals surface area contributed by atoms with Gasteiger partial charge in [0.15, 0.2) is 0 Å². The first-order valence-electron chi connectivity index (χ1n) is 8.53. The number of hydrogen-bond donors (Lipinski definition) is 1. The van der Waals surface area contributed by atoms with Crippen LogP contribution in [0.4, 0.5) is 0 Å². The van der Waals surface area contributed by atoms with Crippen molar-refractivity contribution < 1.29 is 0 Å². The molecule has 4 rings (SSSR count). The summed E-state index contributed by atoms with van der Waals surface area (Å²) in [4.78, 5) is 2.80. The normalized spacial score (nSPS) is 39.0. The summed E-state index contributed by atoms with van der Waals surface area (Å²) in [7, 11) is 0. The van der Waals surface area contributed by atoms with Gasteiger partial charge >= 0.3 is 0 Å². The van der Waals surface area contributed by atoms with Gasteiger partial charge in [-0.1, -0.05) is 24.3 Å². The molecule has 1 spiro atoms. The summed E-state index contributed by atoms with van der Waals surface area (Å²) in [6, 6.07) is 10.6. The lowest BCUT2D eigenvalue weighted by atomic mass is 9.69. The van der Waals surface area contributed by atoms with Crippen molar-refractivity contribution in [2.45, 2.75) is 76.5 Å². The minimum Gasteiger partial charge on any atom is -0.323 e. The van der Waals surface area contributed by atoms with Crippen LogP contribution in [0.25, 0.3) is 0 Å². The molecule has 2 nitrogen and oxygen atoms in total. The van der Waals surface area contributed by atoms with Gasteiger partial charge in [0.05, 0.1) is 0 Å². The summed E-state index contributed by atoms with van der Waals surface area (Å²) in [5.74, 6) is 0. The maximum atomic E-state index is 6.74. The monoisotopic (exact) mass is 284 g/mol. The highest BCUT2D eigenvalue weighted by Crippen LogP contribution is 2.57. The fourth-order valence-electron chi connectivity index (χ4n) is 5.70. The third-order valence-corrected chi connectivity index (χ3v) is 6.27. The van der Waals surface area contributed by atoms with E-state index < -0.39 is 0 Å². The molecule has 2 aliphatic heterocycles. The first kappa shape index (κ1) is 13.8. The highest BCUT2D eigenvalue weighted by Gasteiger charge is 2.55. The van der Waals surface area contributed by atoms with E-state index in [4.69, 9.17) is 5.73 Å². The van der Waals surface area contributed by atoms with E-state index in [0.29, 0.717) is 11.0 Å². The van der Waals surface area contributed by atoms with Crippen molar-refractivity contribution in [3.8, 4) is 0 Å². The predicted molar refractivity (Wildman–Crippen MR) is 87.1 cm³/mol. The molecule has 21 heavy (non-hydrogen) atoms. The van der Waals surface area contributed by atoms with Gasteiger partial charge in [0.25, 0.3) is 0 Å². The van der Waals surface area contributed by atoms with Crippen molar-refractivity contribution >= 4 is 0 Å². The van der Waals surface area contributed by atoms with Crippen LogP contribution in [0.15, 0.2) is 24.3 Å². The molecule has 1 aliphatic carbocycles. The molecule has 0 radical (unpaired) electrons. The van der Waals surface area contributed by atoms with Gasteiger partial charge in [0.2, 0.25) is 0 Å². The van der Waals surface area contributed by atoms with Crippen molar-refractivity contribution in [1.82, 2.24) is 4.90 Å². The number of nitrogens with two attached hydrogens (primary N) is 1. The molecule has 2 saturated heterocycles. The summed E-state index contributed by atoms with van der Waals surface area (Å²) >= 11 is 0. The topological polar surface area (TPSA) is 29.3 Å². The van der Waals surface area contributed by atoms with E-state index in [1.165, 1.54) is 43.2 Å². The van der Waals surface area contributed by atoms with Crippen molar-refractivity contribution in [3.05, 3.63) is 35.4 Å². The molecule has 2 heteroatoms. The Kier molecular flexibility index (Phi) is 2.84. The second-order valence-electron chi connectivity index (χ2n) is 8.59. The lowest BCUT2D eigenvalue weighted by molar-refractivity contribution is -0.0224. The molecular formula is C19H28N2. The van der Waals surface area contributed by atoms with Crippen LogP contribution >= 0.6 is 0 Å². The SMILES string of the molecule is CC(C)(C)N1C2CCC1CC1(Cc3ccccc3[C@H]1N)C2. The van der Waals surface area contributed by atoms with E-state index in [9.17, 15) is 0 Å². The van der Waals surface area contributed by atoms with Crippen molar-refractivity contribution in [1.29, 1.82) is 0 Å². The van der Waals surface area contributed by atoms with E-state index in [0.717, 1.165) is 12.1 Å². The highest BCUT2D eigenvalue weighted by atomic mass is 15.3. The van der Waals surface area contributed by atoms with Crippen LogP contribution in [0.1, 0.15) is 63.6 Å². The fourth-order valence-corrected chi connectivity index (χ4v) is 5.70. The summed E-state index contributed by atoms with van der Waals surface area (Å²) in [6.07, 6.45) is 6.52. The number of benzene rings is 1. The van der Waals surface area contributed by atoms with Crippen LogP contribution < -0.4 is 5.73 Å². The first-order chi connectivity index (χ1) is 9.91. The van der Waals surface area contributed by atoms with Gasteiger partial charge in [0, 0.05) is 23.7 Å². The zero-order valence-electron chi connectivity index (χ0n) is 13.6. The average Bonchev–Trinajstić information content (AvgIpc) is 2.85. The second-order valence-corrected chi connectivity index (χ2v) is 8.59. The van der Waals surface area contributed by atoms with Crippen LogP contribution in [0.2, 0.25) is 0 Å². The van der Waals surface area contributed by atoms with Crippen molar-refractivity contribution in [3.63, 3.8) is 0 Å². The number of piperidine rings is 1. The van der Waals surface area contributed by atoms with Crippen LogP contribution in [0, 0.1) is 5.41 Å². The molecular weight excluding hydrogens is 256 g/mol. The lowest BCUT2D eigenvalue weighted by Gasteiger charge is -2.52. The van der Waals surface area contributed by atoms with E-state index in [2.05, 4.69) is 49.9 Å². The minimum absolute atomic E-state index is 0.249. The summed E-state index contributed by atoms with van der Waals surface area (Å²) < 4.78 is 0. The molecule has 0 saturated carbocycles. The summed E-state index contributed by atoms with van der Waals surface area (Å²) in [5, 5.41) is 0. The Morgan fingerprint density at radius 3 is 2.29 bits per heavy atom. The Labute approximate surface area is 128 Å². The van der Waals surface area contributed by atoms with Gasteiger partial charge in [-0.3, -0.25) is 4.90 Å². The summed E-state index contributed by atoms with van der Waals surface area (Å²) in [5.41, 5.74) is 10.3. The van der Waals surface area contributed by atoms with E-state index in [-0.39, 0.29) is 6.04 Å². The molecule has 3 atom stereocenters. The van der Waals surface area contributed by atoms with E-state index >= 15 is 0 Å². The maximum Gasteiger partial charge on any atom is 0.0359 e. The maximum absolute atomic E-state index is 6.74. The Morgan fingerprint density at radius 2 is 1.71 bits per heavy atom. The molecule has 1 aromatic rings. The Balaban J connectivity index is 1.66. The van der Waals surface area contributed by atoms with Gasteiger partial charge in [-0.25, -0.2) is 0 Å². The Hall–Kier alpha value is -0.860. The molecule has 2 unspecified atom stereocenters. The third-order valence-electron chi connectivity index (χ3n) is 6.27. The Bertz CT molecular complexity index is 543. The molecule has 114 valence electrons. The quantitative estimate of drug-likeness (QED) is 0.788. The minimum atomic E-state index is 0.249. The molecule has 2 heterocycles. The average molecular weight is 284 g/mol. The second kappa shape index (κ2) is 4.33. The molecule has 2 fully saturated rings. The van der Waals surface area contributed by atoms with Gasteiger partial charge in [-0.05, 0) is 69.4 Å². The smallest absolute Gasteiger partial charge is 0.0359 e. The predicted octanol–water partition coefficient (Wildman–Crippen LogP) is 3.65. The van der Waals surface area contributed by atoms with Crippen molar-refractivity contribution in [2.75, 3.05) is 0 Å². The largest absolute Gasteiger partial charge is 0.323 e. The molecule has 2 N–H and O–H groups in total. The molecule has 1 aromatic carbocycles. The van der Waals surface area contributed by atoms with Gasteiger partial charge in [-0.2, -0.15) is 0 Å². The standard InChI is InChI=1S/C19H28N2/c1-18(2,3)21-14-8-9-15(21)12-19(11-14)10-13-6-4-5-7-16(13)17(19)20/h4-7,14-15,17H,8-12,20H2,1-3H3/t14?,15?,17-,19?/m1/s1. The zero-order valence-corrected chi connectivity index (χ0v) is 13.6.